The van der Waals surface area contributed by atoms with Gasteiger partial charge in [0.05, 0.1) is 19.8 Å². The van der Waals surface area contributed by atoms with Crippen LogP contribution in [-0.2, 0) is 9.47 Å². The average molecular weight is 233 g/mol. The number of rotatable bonds is 7. The van der Waals surface area contributed by atoms with Crippen molar-refractivity contribution in [1.29, 1.82) is 0 Å². The molecule has 1 aliphatic rings. The predicted molar refractivity (Wildman–Crippen MR) is 66.3 cm³/mol. The summed E-state index contributed by atoms with van der Waals surface area (Å²) in [6.07, 6.45) is 2.56. The van der Waals surface area contributed by atoms with Gasteiger partial charge in [-0.1, -0.05) is 0 Å². The monoisotopic (exact) mass is 233 g/mol. The van der Waals surface area contributed by atoms with Crippen molar-refractivity contribution in [2.75, 3.05) is 65.6 Å². The van der Waals surface area contributed by atoms with Gasteiger partial charge in [-0.2, -0.15) is 0 Å². The third kappa shape index (κ3) is 7.24. The second-order valence-electron chi connectivity index (χ2n) is 4.22. The average Bonchev–Trinajstić information content (AvgIpc) is 2.24. The zero-order valence-corrected chi connectivity index (χ0v) is 11.0. The first-order chi connectivity index (χ1) is 7.29. The molecule has 1 fully saturated rings. The van der Waals surface area contributed by atoms with E-state index in [1.165, 1.54) is 12.6 Å². The van der Waals surface area contributed by atoms with Crippen LogP contribution in [0.3, 0.4) is 0 Å². The van der Waals surface area contributed by atoms with Crippen LogP contribution in [0.15, 0.2) is 0 Å². The molecule has 0 spiro atoms. The maximum atomic E-state index is 5.61. The van der Waals surface area contributed by atoms with Gasteiger partial charge in [0, 0.05) is 26.2 Å². The molecule has 0 aromatic rings. The molecule has 4 heteroatoms. The van der Waals surface area contributed by atoms with E-state index >= 15 is 0 Å². The Balaban J connectivity index is 1.83. The van der Waals surface area contributed by atoms with Crippen molar-refractivity contribution in [3.8, 4) is 0 Å². The van der Waals surface area contributed by atoms with Gasteiger partial charge in [-0.15, -0.1) is 7.92 Å². The zero-order valence-electron chi connectivity index (χ0n) is 10.1. The van der Waals surface area contributed by atoms with Crippen LogP contribution < -0.4 is 0 Å². The standard InChI is InChI=1S/C11H24NO2P/c1-15(2)11-3-7-13-8-4-12-5-9-14-10-6-12/h3-11H2,1-2H3. The molecule has 1 saturated heterocycles. The summed E-state index contributed by atoms with van der Waals surface area (Å²) in [5, 5.41) is 0. The van der Waals surface area contributed by atoms with Gasteiger partial charge in [0.2, 0.25) is 0 Å². The first-order valence-electron chi connectivity index (χ1n) is 5.81. The highest BCUT2D eigenvalue weighted by molar-refractivity contribution is 7.55. The molecule has 0 radical (unpaired) electrons. The second-order valence-corrected chi connectivity index (χ2v) is 6.83. The molecular weight excluding hydrogens is 209 g/mol. The lowest BCUT2D eigenvalue weighted by Gasteiger charge is -2.26. The molecule has 0 N–H and O–H groups in total. The third-order valence-electron chi connectivity index (χ3n) is 2.55. The Morgan fingerprint density at radius 3 is 2.60 bits per heavy atom. The minimum Gasteiger partial charge on any atom is -0.380 e. The summed E-state index contributed by atoms with van der Waals surface area (Å²) in [6.45, 7) is 11.4. The smallest absolute Gasteiger partial charge is 0.0594 e. The van der Waals surface area contributed by atoms with Crippen molar-refractivity contribution in [1.82, 2.24) is 4.90 Å². The van der Waals surface area contributed by atoms with Crippen LogP contribution in [0.25, 0.3) is 0 Å². The fourth-order valence-electron chi connectivity index (χ4n) is 1.60. The maximum absolute atomic E-state index is 5.61. The van der Waals surface area contributed by atoms with Gasteiger partial charge in [0.25, 0.3) is 0 Å². The topological polar surface area (TPSA) is 21.7 Å². The molecule has 0 aliphatic carbocycles. The molecule has 0 aromatic heterocycles. The van der Waals surface area contributed by atoms with E-state index < -0.39 is 0 Å². The quantitative estimate of drug-likeness (QED) is 0.491. The largest absolute Gasteiger partial charge is 0.380 e. The summed E-state index contributed by atoms with van der Waals surface area (Å²) < 4.78 is 10.9. The number of morpholine rings is 1. The molecule has 0 saturated carbocycles. The zero-order chi connectivity index (χ0) is 10.9. The minimum absolute atomic E-state index is 0.260. The number of hydrogen-bond donors (Lipinski definition) is 0. The highest BCUT2D eigenvalue weighted by Crippen LogP contribution is 2.24. The Morgan fingerprint density at radius 2 is 1.93 bits per heavy atom. The molecule has 90 valence electrons. The van der Waals surface area contributed by atoms with Crippen LogP contribution >= 0.6 is 7.92 Å². The number of ether oxygens (including phenoxy) is 2. The van der Waals surface area contributed by atoms with Gasteiger partial charge in [0.1, 0.15) is 0 Å². The first-order valence-corrected chi connectivity index (χ1v) is 8.24. The summed E-state index contributed by atoms with van der Waals surface area (Å²) in [5.74, 6) is 0. The van der Waals surface area contributed by atoms with Crippen molar-refractivity contribution in [3.05, 3.63) is 0 Å². The van der Waals surface area contributed by atoms with E-state index in [1.807, 2.05) is 0 Å². The molecule has 0 atom stereocenters. The summed E-state index contributed by atoms with van der Waals surface area (Å²) >= 11 is 0. The molecule has 0 aromatic carbocycles. The van der Waals surface area contributed by atoms with Gasteiger partial charge < -0.3 is 9.47 Å². The van der Waals surface area contributed by atoms with E-state index in [9.17, 15) is 0 Å². The van der Waals surface area contributed by atoms with E-state index in [-0.39, 0.29) is 7.92 Å². The highest BCUT2D eigenvalue weighted by Gasteiger charge is 2.08. The molecule has 1 aliphatic heterocycles. The first kappa shape index (κ1) is 13.4. The molecular formula is C11H24NO2P. The third-order valence-corrected chi connectivity index (χ3v) is 3.76. The Labute approximate surface area is 94.9 Å². The summed E-state index contributed by atoms with van der Waals surface area (Å²) in [7, 11) is 0.260. The molecule has 1 rings (SSSR count). The van der Waals surface area contributed by atoms with Crippen molar-refractivity contribution in [3.63, 3.8) is 0 Å². The van der Waals surface area contributed by atoms with Gasteiger partial charge >= 0.3 is 0 Å². The number of hydrogen-bond acceptors (Lipinski definition) is 3. The predicted octanol–water partition coefficient (Wildman–Crippen LogP) is 1.47. The van der Waals surface area contributed by atoms with Crippen LogP contribution in [0.4, 0.5) is 0 Å². The molecule has 0 unspecified atom stereocenters. The molecule has 0 bridgehead atoms. The Bertz CT molecular complexity index is 150. The van der Waals surface area contributed by atoms with Crippen LogP contribution in [0.5, 0.6) is 0 Å². The van der Waals surface area contributed by atoms with Gasteiger partial charge in [-0.3, -0.25) is 4.90 Å². The van der Waals surface area contributed by atoms with Crippen LogP contribution in [-0.4, -0.2) is 70.5 Å². The van der Waals surface area contributed by atoms with Gasteiger partial charge in [-0.05, 0) is 25.9 Å². The fraction of sp³-hybridized carbons (Fsp3) is 1.00. The number of nitrogens with zero attached hydrogens (tertiary/aromatic N) is 1. The molecule has 3 nitrogen and oxygen atoms in total. The van der Waals surface area contributed by atoms with E-state index in [0.717, 1.165) is 46.1 Å². The Kier molecular flexibility index (Phi) is 7.54. The van der Waals surface area contributed by atoms with E-state index in [4.69, 9.17) is 9.47 Å². The van der Waals surface area contributed by atoms with Crippen LogP contribution in [0, 0.1) is 0 Å². The van der Waals surface area contributed by atoms with E-state index in [0.29, 0.717) is 0 Å². The van der Waals surface area contributed by atoms with Crippen LogP contribution in [0.1, 0.15) is 6.42 Å². The summed E-state index contributed by atoms with van der Waals surface area (Å²) in [4.78, 5) is 2.41. The SMILES string of the molecule is CP(C)CCCOCCN1CCOCC1. The van der Waals surface area contributed by atoms with E-state index in [2.05, 4.69) is 18.2 Å². The summed E-state index contributed by atoms with van der Waals surface area (Å²) in [6, 6.07) is 0. The minimum atomic E-state index is 0.260. The van der Waals surface area contributed by atoms with Gasteiger partial charge in [0.15, 0.2) is 0 Å². The summed E-state index contributed by atoms with van der Waals surface area (Å²) in [5.41, 5.74) is 0. The Morgan fingerprint density at radius 1 is 1.20 bits per heavy atom. The molecule has 15 heavy (non-hydrogen) atoms. The van der Waals surface area contributed by atoms with Crippen molar-refractivity contribution in [2.45, 2.75) is 6.42 Å². The fourth-order valence-corrected chi connectivity index (χ4v) is 2.36. The van der Waals surface area contributed by atoms with Crippen LogP contribution in [0.2, 0.25) is 0 Å². The van der Waals surface area contributed by atoms with Crippen molar-refractivity contribution < 1.29 is 9.47 Å². The highest BCUT2D eigenvalue weighted by atomic mass is 31.1. The maximum Gasteiger partial charge on any atom is 0.0594 e. The second kappa shape index (κ2) is 8.46. The van der Waals surface area contributed by atoms with Crippen molar-refractivity contribution >= 4 is 7.92 Å². The lowest BCUT2D eigenvalue weighted by atomic mass is 10.4. The molecule has 0 amide bonds. The lowest BCUT2D eigenvalue weighted by Crippen LogP contribution is -2.38. The molecule has 1 heterocycles. The lowest BCUT2D eigenvalue weighted by molar-refractivity contribution is 0.0206. The van der Waals surface area contributed by atoms with Crippen molar-refractivity contribution in [2.24, 2.45) is 0 Å². The normalized spacial score (nSPS) is 18.6. The van der Waals surface area contributed by atoms with Gasteiger partial charge in [-0.25, -0.2) is 0 Å². The van der Waals surface area contributed by atoms with E-state index in [1.54, 1.807) is 0 Å². The Hall–Kier alpha value is 0.310.